The minimum Gasteiger partial charge on any atom is -0.370 e. The first kappa shape index (κ1) is 10.2. The quantitative estimate of drug-likeness (QED) is 0.804. The number of anilines is 1. The van der Waals surface area contributed by atoms with Crippen molar-refractivity contribution >= 4 is 11.5 Å². The zero-order valence-electron chi connectivity index (χ0n) is 8.65. The van der Waals surface area contributed by atoms with Crippen molar-refractivity contribution in [2.45, 2.75) is 6.42 Å². The number of benzene rings is 1. The number of carbonyl (C=O) groups excluding carboxylic acids is 1. The molecule has 0 atom stereocenters. The molecule has 15 heavy (non-hydrogen) atoms. The lowest BCUT2D eigenvalue weighted by Gasteiger charge is -2.30. The minimum atomic E-state index is 0.245. The van der Waals surface area contributed by atoms with Gasteiger partial charge < -0.3 is 10.6 Å². The molecule has 0 aromatic heterocycles. The van der Waals surface area contributed by atoms with Gasteiger partial charge in [0.05, 0.1) is 0 Å². The van der Waals surface area contributed by atoms with E-state index in [9.17, 15) is 4.79 Å². The lowest BCUT2D eigenvalue weighted by Crippen LogP contribution is -2.33. The van der Waals surface area contributed by atoms with Gasteiger partial charge in [-0.25, -0.2) is 0 Å². The maximum Gasteiger partial charge on any atom is 0.166 e. The van der Waals surface area contributed by atoms with Crippen LogP contribution in [0, 0.1) is 6.42 Å². The molecular formula is C12H15N2O. The number of carbonyl (C=O) groups is 1. The Labute approximate surface area is 89.9 Å². The van der Waals surface area contributed by atoms with Crippen molar-refractivity contribution in [3.8, 4) is 0 Å². The molecule has 2 rings (SSSR count). The summed E-state index contributed by atoms with van der Waals surface area (Å²) in [5.74, 6) is 0.245. The highest BCUT2D eigenvalue weighted by Gasteiger charge is 2.21. The molecule has 3 heteroatoms. The first-order valence-corrected chi connectivity index (χ1v) is 5.22. The van der Waals surface area contributed by atoms with Crippen LogP contribution in [0.4, 0.5) is 5.69 Å². The van der Waals surface area contributed by atoms with Gasteiger partial charge in [-0.3, -0.25) is 4.79 Å². The van der Waals surface area contributed by atoms with Gasteiger partial charge in [0, 0.05) is 30.8 Å². The van der Waals surface area contributed by atoms with Gasteiger partial charge >= 0.3 is 0 Å². The molecule has 0 spiro atoms. The molecule has 1 aliphatic rings. The molecule has 79 valence electrons. The summed E-state index contributed by atoms with van der Waals surface area (Å²) in [7, 11) is 0. The molecule has 0 fully saturated rings. The van der Waals surface area contributed by atoms with Gasteiger partial charge in [0.15, 0.2) is 5.78 Å². The summed E-state index contributed by atoms with van der Waals surface area (Å²) in [6.45, 7) is 2.19. The zero-order chi connectivity index (χ0) is 10.7. The summed E-state index contributed by atoms with van der Waals surface area (Å²) in [6.07, 6.45) is 2.63. The fourth-order valence-electron chi connectivity index (χ4n) is 1.90. The Morgan fingerprint density at radius 3 is 3.00 bits per heavy atom. The van der Waals surface area contributed by atoms with Crippen LogP contribution in [0.25, 0.3) is 0 Å². The number of Topliss-reactive ketones (excluding diaryl/α,β-unsaturated/α-hetero) is 1. The molecule has 1 aromatic rings. The van der Waals surface area contributed by atoms with Gasteiger partial charge in [-0.1, -0.05) is 12.1 Å². The van der Waals surface area contributed by atoms with E-state index in [0.717, 1.165) is 24.3 Å². The van der Waals surface area contributed by atoms with E-state index in [1.807, 2.05) is 30.7 Å². The van der Waals surface area contributed by atoms with Crippen LogP contribution in [0.3, 0.4) is 0 Å². The summed E-state index contributed by atoms with van der Waals surface area (Å²) < 4.78 is 0. The van der Waals surface area contributed by atoms with E-state index in [1.165, 1.54) is 0 Å². The topological polar surface area (TPSA) is 46.3 Å². The van der Waals surface area contributed by atoms with E-state index in [2.05, 4.69) is 4.90 Å². The maximum absolute atomic E-state index is 11.6. The van der Waals surface area contributed by atoms with Gasteiger partial charge in [0.25, 0.3) is 0 Å². The molecule has 0 bridgehead atoms. The number of rotatable bonds is 3. The fourth-order valence-corrected chi connectivity index (χ4v) is 1.90. The monoisotopic (exact) mass is 203 g/mol. The third-order valence-corrected chi connectivity index (χ3v) is 2.67. The lowest BCUT2D eigenvalue weighted by molar-refractivity contribution is 0.0980. The van der Waals surface area contributed by atoms with E-state index >= 15 is 0 Å². The summed E-state index contributed by atoms with van der Waals surface area (Å²) >= 11 is 0. The zero-order valence-corrected chi connectivity index (χ0v) is 8.65. The normalized spacial score (nSPS) is 15.3. The van der Waals surface area contributed by atoms with Crippen LogP contribution >= 0.6 is 0 Å². The number of nitrogens with zero attached hydrogens (tertiary/aromatic N) is 1. The van der Waals surface area contributed by atoms with Gasteiger partial charge in [-0.2, -0.15) is 0 Å². The molecule has 2 N–H and O–H groups in total. The predicted molar refractivity (Wildman–Crippen MR) is 61.0 cm³/mol. The molecule has 0 unspecified atom stereocenters. The number of fused-ring (bicyclic) bond motifs is 1. The third kappa shape index (κ3) is 2.02. The molecule has 0 saturated carbocycles. The average Bonchev–Trinajstić information content (AvgIpc) is 2.29. The van der Waals surface area contributed by atoms with Crippen LogP contribution in [0.5, 0.6) is 0 Å². The van der Waals surface area contributed by atoms with Crippen LogP contribution in [0.1, 0.15) is 16.8 Å². The molecule has 0 amide bonds. The first-order valence-electron chi connectivity index (χ1n) is 5.22. The van der Waals surface area contributed by atoms with Crippen LogP contribution in [0.15, 0.2) is 24.3 Å². The number of nitrogens with two attached hydrogens (primary N) is 1. The van der Waals surface area contributed by atoms with E-state index < -0.39 is 0 Å². The lowest BCUT2D eigenvalue weighted by atomic mass is 10.0. The second-order valence-corrected chi connectivity index (χ2v) is 3.66. The highest BCUT2D eigenvalue weighted by Crippen LogP contribution is 2.26. The van der Waals surface area contributed by atoms with Gasteiger partial charge in [-0.05, 0) is 25.1 Å². The molecular weight excluding hydrogens is 188 g/mol. The van der Waals surface area contributed by atoms with Gasteiger partial charge in [0.2, 0.25) is 0 Å². The number of hydrogen-bond donors (Lipinski definition) is 1. The molecule has 1 radical (unpaired) electrons. The van der Waals surface area contributed by atoms with Crippen LogP contribution in [-0.2, 0) is 0 Å². The first-order chi connectivity index (χ1) is 7.33. The summed E-state index contributed by atoms with van der Waals surface area (Å²) in [4.78, 5) is 13.8. The molecule has 3 nitrogen and oxygen atoms in total. The van der Waals surface area contributed by atoms with Crippen LogP contribution in [0.2, 0.25) is 0 Å². The second-order valence-electron chi connectivity index (χ2n) is 3.66. The molecule has 0 aliphatic carbocycles. The highest BCUT2D eigenvalue weighted by molar-refractivity contribution is 6.03. The fraction of sp³-hybridized carbons (Fsp3) is 0.333. The Kier molecular flexibility index (Phi) is 3.02. The predicted octanol–water partition coefficient (Wildman–Crippen LogP) is 1.24. The van der Waals surface area contributed by atoms with E-state index in [-0.39, 0.29) is 5.78 Å². The Balaban J connectivity index is 2.24. The SMILES string of the molecule is NC[CH]CN1CCC(=O)c2ccccc21. The maximum atomic E-state index is 11.6. The van der Waals surface area contributed by atoms with Gasteiger partial charge in [0.1, 0.15) is 0 Å². The van der Waals surface area contributed by atoms with Crippen molar-refractivity contribution < 1.29 is 4.79 Å². The Bertz CT molecular complexity index is 362. The molecule has 1 aliphatic heterocycles. The van der Waals surface area contributed by atoms with Gasteiger partial charge in [-0.15, -0.1) is 0 Å². The number of hydrogen-bond acceptors (Lipinski definition) is 3. The van der Waals surface area contributed by atoms with Crippen LogP contribution < -0.4 is 10.6 Å². The molecule has 0 saturated heterocycles. The molecule has 1 aromatic carbocycles. The van der Waals surface area contributed by atoms with E-state index in [0.29, 0.717) is 13.0 Å². The largest absolute Gasteiger partial charge is 0.370 e. The van der Waals surface area contributed by atoms with Crippen molar-refractivity contribution in [1.82, 2.24) is 0 Å². The van der Waals surface area contributed by atoms with E-state index in [1.54, 1.807) is 0 Å². The van der Waals surface area contributed by atoms with Crippen molar-refractivity contribution in [3.63, 3.8) is 0 Å². The second kappa shape index (κ2) is 4.45. The number of ketones is 1. The summed E-state index contributed by atoms with van der Waals surface area (Å²) in [5, 5.41) is 0. The Morgan fingerprint density at radius 1 is 1.40 bits per heavy atom. The average molecular weight is 203 g/mol. The standard InChI is InChI=1S/C12H15N2O/c13-7-3-8-14-9-6-12(15)10-4-1-2-5-11(10)14/h1-5H,6-9,13H2. The van der Waals surface area contributed by atoms with Crippen molar-refractivity contribution in [2.24, 2.45) is 5.73 Å². The van der Waals surface area contributed by atoms with Crippen molar-refractivity contribution in [3.05, 3.63) is 36.2 Å². The highest BCUT2D eigenvalue weighted by atomic mass is 16.1. The van der Waals surface area contributed by atoms with Crippen molar-refractivity contribution in [2.75, 3.05) is 24.5 Å². The van der Waals surface area contributed by atoms with Crippen molar-refractivity contribution in [1.29, 1.82) is 0 Å². The summed E-state index contributed by atoms with van der Waals surface area (Å²) in [5.41, 5.74) is 7.33. The molecule has 1 heterocycles. The smallest absolute Gasteiger partial charge is 0.166 e. The summed E-state index contributed by atoms with van der Waals surface area (Å²) in [6, 6.07) is 7.77. The minimum absolute atomic E-state index is 0.245. The third-order valence-electron chi connectivity index (χ3n) is 2.67. The Morgan fingerprint density at radius 2 is 2.20 bits per heavy atom. The Hall–Kier alpha value is -1.35. The number of para-hydroxylation sites is 1. The van der Waals surface area contributed by atoms with Crippen LogP contribution in [-0.4, -0.2) is 25.4 Å². The van der Waals surface area contributed by atoms with E-state index in [4.69, 9.17) is 5.73 Å².